The Bertz CT molecular complexity index is 426. The first-order valence-corrected chi connectivity index (χ1v) is 8.40. The Labute approximate surface area is 120 Å². The lowest BCUT2D eigenvalue weighted by Crippen LogP contribution is -2.61. The van der Waals surface area contributed by atoms with Gasteiger partial charge in [-0.3, -0.25) is 4.90 Å². The summed E-state index contributed by atoms with van der Waals surface area (Å²) >= 11 is 1.88. The van der Waals surface area contributed by atoms with Gasteiger partial charge < -0.3 is 5.32 Å². The van der Waals surface area contributed by atoms with Crippen LogP contribution in [0.1, 0.15) is 47.7 Å². The van der Waals surface area contributed by atoms with Crippen LogP contribution in [0.5, 0.6) is 0 Å². The summed E-state index contributed by atoms with van der Waals surface area (Å²) in [5.74, 6) is 0. The van der Waals surface area contributed by atoms with Gasteiger partial charge in [-0.15, -0.1) is 11.3 Å². The molecule has 2 fully saturated rings. The first kappa shape index (κ1) is 13.5. The quantitative estimate of drug-likeness (QED) is 0.902. The summed E-state index contributed by atoms with van der Waals surface area (Å²) in [6.45, 7) is 8.90. The Morgan fingerprint density at radius 1 is 1.26 bits per heavy atom. The third-order valence-electron chi connectivity index (χ3n) is 4.80. The summed E-state index contributed by atoms with van der Waals surface area (Å²) in [6, 6.07) is 0. The second-order valence-corrected chi connectivity index (χ2v) is 7.41. The molecule has 4 heteroatoms. The summed E-state index contributed by atoms with van der Waals surface area (Å²) in [4.78, 5) is 8.82. The highest BCUT2D eigenvalue weighted by molar-refractivity contribution is 7.11. The van der Waals surface area contributed by atoms with Gasteiger partial charge in [0.1, 0.15) is 0 Å². The number of piperazine rings is 1. The molecule has 0 amide bonds. The molecule has 0 unspecified atom stereocenters. The topological polar surface area (TPSA) is 28.2 Å². The van der Waals surface area contributed by atoms with Gasteiger partial charge >= 0.3 is 0 Å². The summed E-state index contributed by atoms with van der Waals surface area (Å²) in [7, 11) is 0. The average Bonchev–Trinajstić information content (AvgIpc) is 2.72. The predicted octanol–water partition coefficient (Wildman–Crippen LogP) is 2.87. The van der Waals surface area contributed by atoms with E-state index in [0.29, 0.717) is 5.54 Å². The lowest BCUT2D eigenvalue weighted by molar-refractivity contribution is 0.0215. The average molecular weight is 279 g/mol. The highest BCUT2D eigenvalue weighted by Crippen LogP contribution is 2.36. The van der Waals surface area contributed by atoms with Crippen LogP contribution in [0.3, 0.4) is 0 Å². The van der Waals surface area contributed by atoms with Gasteiger partial charge in [0, 0.05) is 36.6 Å². The Hall–Kier alpha value is -0.450. The van der Waals surface area contributed by atoms with Gasteiger partial charge in [0.25, 0.3) is 0 Å². The molecular weight excluding hydrogens is 254 g/mol. The molecule has 1 aromatic rings. The number of nitrogens with zero attached hydrogens (tertiary/aromatic N) is 2. The van der Waals surface area contributed by atoms with Crippen molar-refractivity contribution in [3.05, 3.63) is 15.6 Å². The lowest BCUT2D eigenvalue weighted by Gasteiger charge is -2.49. The maximum atomic E-state index is 4.59. The molecule has 0 aromatic carbocycles. The fraction of sp³-hybridized carbons (Fsp3) is 0.800. The van der Waals surface area contributed by atoms with Crippen LogP contribution in [-0.4, -0.2) is 35.1 Å². The summed E-state index contributed by atoms with van der Waals surface area (Å²) in [5, 5.41) is 4.84. The van der Waals surface area contributed by atoms with Crippen LogP contribution in [0.15, 0.2) is 0 Å². The van der Waals surface area contributed by atoms with Crippen molar-refractivity contribution in [2.45, 2.75) is 58.0 Å². The van der Waals surface area contributed by atoms with Crippen molar-refractivity contribution in [2.75, 3.05) is 19.6 Å². The Kier molecular flexibility index (Phi) is 3.92. The first-order valence-electron chi connectivity index (χ1n) is 7.58. The van der Waals surface area contributed by atoms with Crippen molar-refractivity contribution in [3.8, 4) is 0 Å². The van der Waals surface area contributed by atoms with E-state index in [1.54, 1.807) is 0 Å². The highest BCUT2D eigenvalue weighted by Gasteiger charge is 2.39. The Balaban J connectivity index is 1.78. The van der Waals surface area contributed by atoms with Gasteiger partial charge in [-0.05, 0) is 26.7 Å². The number of rotatable bonds is 2. The van der Waals surface area contributed by atoms with Crippen molar-refractivity contribution in [2.24, 2.45) is 0 Å². The highest BCUT2D eigenvalue weighted by atomic mass is 32.1. The largest absolute Gasteiger partial charge is 0.314 e. The zero-order valence-corrected chi connectivity index (χ0v) is 13.0. The Morgan fingerprint density at radius 2 is 2.05 bits per heavy atom. The molecule has 0 atom stereocenters. The molecule has 3 nitrogen and oxygen atoms in total. The van der Waals surface area contributed by atoms with Gasteiger partial charge in [0.15, 0.2) is 0 Å². The van der Waals surface area contributed by atoms with Crippen molar-refractivity contribution < 1.29 is 0 Å². The molecule has 0 radical (unpaired) electrons. The minimum Gasteiger partial charge on any atom is -0.314 e. The molecule has 1 aliphatic carbocycles. The SMILES string of the molecule is Cc1nc(C)c(CN2CCNCC23CCCCC3)s1. The fourth-order valence-electron chi connectivity index (χ4n) is 3.73. The maximum Gasteiger partial charge on any atom is 0.0900 e. The molecule has 106 valence electrons. The lowest BCUT2D eigenvalue weighted by atomic mass is 9.79. The van der Waals surface area contributed by atoms with Crippen LogP contribution in [0, 0.1) is 13.8 Å². The van der Waals surface area contributed by atoms with Gasteiger partial charge in [-0.1, -0.05) is 19.3 Å². The van der Waals surface area contributed by atoms with Crippen molar-refractivity contribution in [3.63, 3.8) is 0 Å². The van der Waals surface area contributed by atoms with E-state index in [1.165, 1.54) is 60.8 Å². The fourth-order valence-corrected chi connectivity index (χ4v) is 4.68. The van der Waals surface area contributed by atoms with Crippen LogP contribution in [-0.2, 0) is 6.54 Å². The van der Waals surface area contributed by atoms with E-state index < -0.39 is 0 Å². The third kappa shape index (κ3) is 2.71. The first-order chi connectivity index (χ1) is 9.20. The minimum atomic E-state index is 0.431. The van der Waals surface area contributed by atoms with E-state index in [4.69, 9.17) is 0 Å². The number of thiazole rings is 1. The minimum absolute atomic E-state index is 0.431. The van der Waals surface area contributed by atoms with Gasteiger partial charge in [-0.2, -0.15) is 0 Å². The number of aromatic nitrogens is 1. The van der Waals surface area contributed by atoms with Crippen molar-refractivity contribution >= 4 is 11.3 Å². The van der Waals surface area contributed by atoms with Crippen LogP contribution >= 0.6 is 11.3 Å². The normalized spacial score (nSPS) is 23.9. The molecular formula is C15H25N3S. The van der Waals surface area contributed by atoms with Gasteiger partial charge in [0.2, 0.25) is 0 Å². The number of nitrogens with one attached hydrogen (secondary N) is 1. The van der Waals surface area contributed by atoms with Crippen LogP contribution in [0.25, 0.3) is 0 Å². The molecule has 3 rings (SSSR count). The molecule has 2 heterocycles. The van der Waals surface area contributed by atoms with Crippen molar-refractivity contribution in [1.29, 1.82) is 0 Å². The predicted molar refractivity (Wildman–Crippen MR) is 80.7 cm³/mol. The van der Waals surface area contributed by atoms with Crippen LogP contribution < -0.4 is 5.32 Å². The molecule has 1 spiro atoms. The second kappa shape index (κ2) is 5.51. The van der Waals surface area contributed by atoms with E-state index in [9.17, 15) is 0 Å². The van der Waals surface area contributed by atoms with Crippen LogP contribution in [0.2, 0.25) is 0 Å². The zero-order chi connectivity index (χ0) is 13.3. The molecule has 1 saturated carbocycles. The van der Waals surface area contributed by atoms with E-state index in [0.717, 1.165) is 13.1 Å². The standard InChI is InChI=1S/C15H25N3S/c1-12-14(19-13(2)17-12)10-18-9-8-16-11-15(18)6-4-3-5-7-15/h16H,3-11H2,1-2H3. The second-order valence-electron chi connectivity index (χ2n) is 6.12. The molecule has 0 bridgehead atoms. The Morgan fingerprint density at radius 3 is 2.74 bits per heavy atom. The maximum absolute atomic E-state index is 4.59. The third-order valence-corrected chi connectivity index (χ3v) is 5.86. The molecule has 1 N–H and O–H groups in total. The zero-order valence-electron chi connectivity index (χ0n) is 12.2. The smallest absolute Gasteiger partial charge is 0.0900 e. The molecule has 1 saturated heterocycles. The molecule has 2 aliphatic rings. The number of hydrogen-bond acceptors (Lipinski definition) is 4. The monoisotopic (exact) mass is 279 g/mol. The number of hydrogen-bond donors (Lipinski definition) is 1. The van der Waals surface area contributed by atoms with Crippen molar-refractivity contribution in [1.82, 2.24) is 15.2 Å². The summed E-state index contributed by atoms with van der Waals surface area (Å²) in [5.41, 5.74) is 1.67. The van der Waals surface area contributed by atoms with Crippen LogP contribution in [0.4, 0.5) is 0 Å². The van der Waals surface area contributed by atoms with Gasteiger partial charge in [-0.25, -0.2) is 4.98 Å². The van der Waals surface area contributed by atoms with E-state index in [2.05, 4.69) is 29.0 Å². The van der Waals surface area contributed by atoms with Gasteiger partial charge in [0.05, 0.1) is 10.7 Å². The molecule has 1 aliphatic heterocycles. The molecule has 19 heavy (non-hydrogen) atoms. The van der Waals surface area contributed by atoms with E-state index in [-0.39, 0.29) is 0 Å². The van der Waals surface area contributed by atoms with E-state index >= 15 is 0 Å². The molecule has 1 aromatic heterocycles. The summed E-state index contributed by atoms with van der Waals surface area (Å²) in [6.07, 6.45) is 6.97. The van der Waals surface area contributed by atoms with E-state index in [1.807, 2.05) is 11.3 Å². The summed E-state index contributed by atoms with van der Waals surface area (Å²) < 4.78 is 0. The number of aryl methyl sites for hydroxylation is 2.